The van der Waals surface area contributed by atoms with Crippen LogP contribution in [0.4, 0.5) is 0 Å². The summed E-state index contributed by atoms with van der Waals surface area (Å²) < 4.78 is 3.12. The molecule has 5 nitrogen and oxygen atoms in total. The molecule has 0 aliphatic carbocycles. The molecule has 0 radical (unpaired) electrons. The predicted octanol–water partition coefficient (Wildman–Crippen LogP) is 3.37. The van der Waals surface area contributed by atoms with Gasteiger partial charge in [0.1, 0.15) is 0 Å². The number of aryl methyl sites for hydroxylation is 1. The van der Waals surface area contributed by atoms with E-state index < -0.39 is 0 Å². The van der Waals surface area contributed by atoms with Crippen LogP contribution in [-0.2, 0) is 16.1 Å². The number of hydrogen-bond donors (Lipinski definition) is 0. The molecule has 0 spiro atoms. The fourth-order valence-electron chi connectivity index (χ4n) is 3.17. The summed E-state index contributed by atoms with van der Waals surface area (Å²) >= 11 is 2.86. The Morgan fingerprint density at radius 1 is 1.26 bits per heavy atom. The van der Waals surface area contributed by atoms with Crippen molar-refractivity contribution in [2.75, 3.05) is 24.6 Å². The first-order valence-electron chi connectivity index (χ1n) is 9.22. The lowest BCUT2D eigenvalue weighted by Crippen LogP contribution is -2.36. The Hall–Kier alpha value is -1.86. The fraction of sp³-hybridized carbons (Fsp3) is 0.450. The largest absolute Gasteiger partial charge is 0.342 e. The van der Waals surface area contributed by atoms with Gasteiger partial charge in [0.05, 0.1) is 21.7 Å². The van der Waals surface area contributed by atoms with Gasteiger partial charge in [-0.05, 0) is 43.9 Å². The van der Waals surface area contributed by atoms with Crippen LogP contribution in [0.2, 0.25) is 0 Å². The van der Waals surface area contributed by atoms with Gasteiger partial charge in [-0.25, -0.2) is 0 Å². The van der Waals surface area contributed by atoms with Crippen molar-refractivity contribution in [1.82, 2.24) is 9.47 Å². The van der Waals surface area contributed by atoms with Crippen LogP contribution in [0.25, 0.3) is 10.2 Å². The Morgan fingerprint density at radius 2 is 2.04 bits per heavy atom. The number of aromatic nitrogens is 1. The van der Waals surface area contributed by atoms with E-state index in [-0.39, 0.29) is 17.6 Å². The Balaban J connectivity index is 1.66. The molecular formula is C20H25N3O2S2. The van der Waals surface area contributed by atoms with Crippen molar-refractivity contribution in [2.24, 2.45) is 4.99 Å². The lowest BCUT2D eigenvalue weighted by atomic mass is 10.1. The number of allylic oxidation sites excluding steroid dienone is 1. The smallest absolute Gasteiger partial charge is 0.258 e. The summed E-state index contributed by atoms with van der Waals surface area (Å²) in [6.45, 7) is 8.16. The van der Waals surface area contributed by atoms with Gasteiger partial charge in [-0.1, -0.05) is 23.5 Å². The highest BCUT2D eigenvalue weighted by Gasteiger charge is 2.16. The molecule has 27 heavy (non-hydrogen) atoms. The van der Waals surface area contributed by atoms with Crippen LogP contribution in [0.3, 0.4) is 0 Å². The van der Waals surface area contributed by atoms with E-state index in [1.165, 1.54) is 35.1 Å². The second-order valence-electron chi connectivity index (χ2n) is 6.69. The van der Waals surface area contributed by atoms with Crippen molar-refractivity contribution in [3.63, 3.8) is 0 Å². The van der Waals surface area contributed by atoms with Gasteiger partial charge in [-0.3, -0.25) is 9.59 Å². The van der Waals surface area contributed by atoms with E-state index in [1.807, 2.05) is 15.5 Å². The molecule has 2 heterocycles. The van der Waals surface area contributed by atoms with Crippen molar-refractivity contribution < 1.29 is 9.59 Å². The van der Waals surface area contributed by atoms with Gasteiger partial charge in [-0.15, -0.1) is 18.3 Å². The van der Waals surface area contributed by atoms with Crippen molar-refractivity contribution in [2.45, 2.75) is 32.7 Å². The third kappa shape index (κ3) is 5.11. The van der Waals surface area contributed by atoms with Gasteiger partial charge in [0.25, 0.3) is 5.91 Å². The van der Waals surface area contributed by atoms with Crippen LogP contribution >= 0.6 is 23.1 Å². The summed E-state index contributed by atoms with van der Waals surface area (Å²) in [5.41, 5.74) is 2.24. The Labute approximate surface area is 167 Å². The Bertz CT molecular complexity index is 908. The van der Waals surface area contributed by atoms with Gasteiger partial charge in [0, 0.05) is 19.6 Å². The molecule has 1 fully saturated rings. The molecule has 0 atom stereocenters. The van der Waals surface area contributed by atoms with Gasteiger partial charge < -0.3 is 9.47 Å². The zero-order chi connectivity index (χ0) is 19.2. The van der Waals surface area contributed by atoms with Crippen LogP contribution in [-0.4, -0.2) is 45.9 Å². The minimum atomic E-state index is -0.201. The van der Waals surface area contributed by atoms with Crippen molar-refractivity contribution in [3.8, 4) is 0 Å². The molecule has 0 unspecified atom stereocenters. The summed E-state index contributed by atoms with van der Waals surface area (Å²) in [6.07, 6.45) is 5.17. The SMILES string of the molecule is C=CCn1c(=NC(=O)CSCC(=O)N2CCCCC2)sc2cc(C)ccc21. The molecule has 1 aliphatic rings. The standard InChI is InChI=1S/C20H25N3O2S2/c1-3-9-23-16-8-7-15(2)12-17(16)27-20(23)21-18(24)13-26-14-19(25)22-10-5-4-6-11-22/h3,7-8,12H,1,4-6,9-11,13-14H2,2H3. The average Bonchev–Trinajstić information content (AvgIpc) is 2.98. The molecule has 2 aromatic rings. The van der Waals surface area contributed by atoms with Gasteiger partial charge in [0.2, 0.25) is 5.91 Å². The molecule has 2 amide bonds. The molecule has 3 rings (SSSR count). The molecule has 0 N–H and O–H groups in total. The summed E-state index contributed by atoms with van der Waals surface area (Å²) in [5, 5.41) is 0. The van der Waals surface area contributed by atoms with E-state index in [0.29, 0.717) is 17.1 Å². The molecule has 0 bridgehead atoms. The summed E-state index contributed by atoms with van der Waals surface area (Å²) in [7, 11) is 0. The monoisotopic (exact) mass is 403 g/mol. The number of rotatable bonds is 6. The molecular weight excluding hydrogens is 378 g/mol. The number of benzene rings is 1. The first-order chi connectivity index (χ1) is 13.1. The van der Waals surface area contributed by atoms with E-state index in [9.17, 15) is 9.59 Å². The maximum atomic E-state index is 12.3. The highest BCUT2D eigenvalue weighted by atomic mass is 32.2. The van der Waals surface area contributed by atoms with E-state index in [0.717, 1.165) is 36.1 Å². The first kappa shape index (κ1) is 19.9. The molecule has 144 valence electrons. The average molecular weight is 404 g/mol. The minimum Gasteiger partial charge on any atom is -0.342 e. The molecule has 0 saturated carbocycles. The minimum absolute atomic E-state index is 0.131. The summed E-state index contributed by atoms with van der Waals surface area (Å²) in [4.78, 5) is 31.4. The van der Waals surface area contributed by atoms with E-state index >= 15 is 0 Å². The van der Waals surface area contributed by atoms with Crippen LogP contribution in [0.1, 0.15) is 24.8 Å². The van der Waals surface area contributed by atoms with Gasteiger partial charge in [-0.2, -0.15) is 4.99 Å². The Kier molecular flexibility index (Phi) is 6.90. The summed E-state index contributed by atoms with van der Waals surface area (Å²) in [5.74, 6) is 0.500. The van der Waals surface area contributed by atoms with Crippen molar-refractivity contribution >= 4 is 45.1 Å². The normalized spacial score (nSPS) is 15.3. The van der Waals surface area contributed by atoms with Crippen LogP contribution < -0.4 is 4.80 Å². The van der Waals surface area contributed by atoms with Crippen LogP contribution in [0.15, 0.2) is 35.8 Å². The number of carbonyl (C=O) groups is 2. The molecule has 7 heteroatoms. The highest BCUT2D eigenvalue weighted by Crippen LogP contribution is 2.19. The third-order valence-corrected chi connectivity index (χ3v) is 6.47. The van der Waals surface area contributed by atoms with E-state index in [2.05, 4.69) is 36.7 Å². The molecule has 1 aromatic carbocycles. The van der Waals surface area contributed by atoms with E-state index in [4.69, 9.17) is 0 Å². The quantitative estimate of drug-likeness (QED) is 0.695. The molecule has 1 aliphatic heterocycles. The van der Waals surface area contributed by atoms with E-state index in [1.54, 1.807) is 0 Å². The number of thiazole rings is 1. The van der Waals surface area contributed by atoms with Crippen molar-refractivity contribution in [1.29, 1.82) is 0 Å². The number of fused-ring (bicyclic) bond motifs is 1. The molecule has 1 saturated heterocycles. The predicted molar refractivity (Wildman–Crippen MR) is 113 cm³/mol. The number of thioether (sulfide) groups is 1. The summed E-state index contributed by atoms with van der Waals surface area (Å²) in [6, 6.07) is 6.22. The number of piperidine rings is 1. The Morgan fingerprint density at radius 3 is 2.78 bits per heavy atom. The van der Waals surface area contributed by atoms with Gasteiger partial charge in [0.15, 0.2) is 4.80 Å². The third-order valence-electron chi connectivity index (χ3n) is 4.53. The molecule has 1 aromatic heterocycles. The lowest BCUT2D eigenvalue weighted by Gasteiger charge is -2.26. The highest BCUT2D eigenvalue weighted by molar-refractivity contribution is 8.00. The topological polar surface area (TPSA) is 54.7 Å². The zero-order valence-corrected chi connectivity index (χ0v) is 17.3. The van der Waals surface area contributed by atoms with Gasteiger partial charge >= 0.3 is 0 Å². The number of hydrogen-bond acceptors (Lipinski definition) is 4. The second kappa shape index (κ2) is 9.37. The number of likely N-dealkylation sites (tertiary alicyclic amines) is 1. The van der Waals surface area contributed by atoms with Crippen LogP contribution in [0, 0.1) is 6.92 Å². The number of nitrogens with zero attached hydrogens (tertiary/aromatic N) is 3. The first-order valence-corrected chi connectivity index (χ1v) is 11.2. The number of carbonyl (C=O) groups excluding carboxylic acids is 2. The lowest BCUT2D eigenvalue weighted by molar-refractivity contribution is -0.129. The maximum Gasteiger partial charge on any atom is 0.258 e. The maximum absolute atomic E-state index is 12.3. The van der Waals surface area contributed by atoms with Crippen molar-refractivity contribution in [3.05, 3.63) is 41.2 Å². The number of amides is 2. The zero-order valence-electron chi connectivity index (χ0n) is 15.6. The second-order valence-corrected chi connectivity index (χ2v) is 8.69. The fourth-order valence-corrected chi connectivity index (χ4v) is 5.02. The van der Waals surface area contributed by atoms with Crippen LogP contribution in [0.5, 0.6) is 0 Å².